The number of primary amides is 1. The Balaban J connectivity index is 2.03. The fourth-order valence-corrected chi connectivity index (χ4v) is 2.79. The van der Waals surface area contributed by atoms with Crippen molar-refractivity contribution in [2.45, 2.75) is 12.7 Å². The minimum atomic E-state index is -4.76. The molecule has 2 aromatic carbocycles. The maximum atomic E-state index is 13.8. The number of amides is 1. The van der Waals surface area contributed by atoms with Crippen molar-refractivity contribution in [3.05, 3.63) is 83.1 Å². The molecule has 0 fully saturated rings. The van der Waals surface area contributed by atoms with Crippen molar-refractivity contribution in [1.82, 2.24) is 4.98 Å². The molecule has 1 amide bonds. The van der Waals surface area contributed by atoms with E-state index in [-0.39, 0.29) is 34.6 Å². The van der Waals surface area contributed by atoms with E-state index in [1.54, 1.807) is 0 Å². The number of halogens is 5. The highest BCUT2D eigenvalue weighted by molar-refractivity contribution is 5.94. The molecular formula is C20H14F5N3O. The van der Waals surface area contributed by atoms with Crippen LogP contribution in [0.2, 0.25) is 0 Å². The third kappa shape index (κ3) is 4.34. The molecule has 0 aliphatic heterocycles. The number of rotatable bonds is 5. The Morgan fingerprint density at radius 1 is 1.03 bits per heavy atom. The van der Waals surface area contributed by atoms with Gasteiger partial charge in [-0.15, -0.1) is 0 Å². The molecule has 3 N–H and O–H groups in total. The molecule has 150 valence electrons. The molecular weight excluding hydrogens is 393 g/mol. The summed E-state index contributed by atoms with van der Waals surface area (Å²) >= 11 is 0. The number of benzene rings is 2. The highest BCUT2D eigenvalue weighted by Gasteiger charge is 2.35. The Bertz CT molecular complexity index is 1070. The summed E-state index contributed by atoms with van der Waals surface area (Å²) in [6.07, 6.45) is -3.42. The van der Waals surface area contributed by atoms with Crippen molar-refractivity contribution in [2.75, 3.05) is 5.32 Å². The van der Waals surface area contributed by atoms with Crippen LogP contribution in [-0.2, 0) is 12.7 Å². The van der Waals surface area contributed by atoms with Crippen LogP contribution in [0.5, 0.6) is 0 Å². The van der Waals surface area contributed by atoms with E-state index in [0.717, 1.165) is 12.1 Å². The van der Waals surface area contributed by atoms with Gasteiger partial charge in [0.2, 0.25) is 5.91 Å². The van der Waals surface area contributed by atoms with Gasteiger partial charge in [-0.1, -0.05) is 18.2 Å². The minimum absolute atomic E-state index is 0.0123. The lowest BCUT2D eigenvalue weighted by molar-refractivity contribution is -0.137. The van der Waals surface area contributed by atoms with Crippen LogP contribution in [0.1, 0.15) is 21.5 Å². The Morgan fingerprint density at radius 3 is 2.48 bits per heavy atom. The molecule has 9 heteroatoms. The first kappa shape index (κ1) is 20.2. The van der Waals surface area contributed by atoms with Crippen LogP contribution in [-0.4, -0.2) is 10.9 Å². The first-order valence-corrected chi connectivity index (χ1v) is 8.31. The SMILES string of the molecule is NC(=O)c1ccc(-c2cccnc2NCc2cccc(F)c2F)c(C(F)(F)F)c1. The number of alkyl halides is 3. The molecule has 0 saturated carbocycles. The highest BCUT2D eigenvalue weighted by Crippen LogP contribution is 2.39. The number of hydrogen-bond donors (Lipinski definition) is 2. The van der Waals surface area contributed by atoms with Gasteiger partial charge >= 0.3 is 6.18 Å². The topological polar surface area (TPSA) is 68.0 Å². The van der Waals surface area contributed by atoms with E-state index < -0.39 is 29.3 Å². The first-order chi connectivity index (χ1) is 13.7. The van der Waals surface area contributed by atoms with Gasteiger partial charge in [-0.25, -0.2) is 13.8 Å². The molecule has 0 atom stereocenters. The monoisotopic (exact) mass is 407 g/mol. The number of nitrogens with zero attached hydrogens (tertiary/aromatic N) is 1. The number of carbonyl (C=O) groups is 1. The summed E-state index contributed by atoms with van der Waals surface area (Å²) in [4.78, 5) is 15.3. The second-order valence-corrected chi connectivity index (χ2v) is 6.09. The van der Waals surface area contributed by atoms with Crippen LogP contribution in [0, 0.1) is 11.6 Å². The number of anilines is 1. The summed E-state index contributed by atoms with van der Waals surface area (Å²) < 4.78 is 67.9. The Morgan fingerprint density at radius 2 is 1.79 bits per heavy atom. The van der Waals surface area contributed by atoms with Gasteiger partial charge in [-0.3, -0.25) is 4.79 Å². The number of pyridine rings is 1. The van der Waals surface area contributed by atoms with E-state index in [9.17, 15) is 26.7 Å². The molecule has 0 bridgehead atoms. The molecule has 0 saturated heterocycles. The molecule has 0 aliphatic carbocycles. The number of nitrogens with two attached hydrogens (primary N) is 1. The van der Waals surface area contributed by atoms with E-state index in [1.165, 1.54) is 36.5 Å². The van der Waals surface area contributed by atoms with E-state index in [0.29, 0.717) is 6.07 Å². The summed E-state index contributed by atoms with van der Waals surface area (Å²) in [6, 6.07) is 9.42. The molecule has 1 heterocycles. The maximum absolute atomic E-state index is 13.8. The van der Waals surface area contributed by atoms with Crippen LogP contribution in [0.4, 0.5) is 27.8 Å². The van der Waals surface area contributed by atoms with Crippen molar-refractivity contribution >= 4 is 11.7 Å². The third-order valence-electron chi connectivity index (χ3n) is 4.19. The summed E-state index contributed by atoms with van der Waals surface area (Å²) in [5.74, 6) is -3.05. The van der Waals surface area contributed by atoms with Gasteiger partial charge in [0.15, 0.2) is 11.6 Å². The molecule has 0 radical (unpaired) electrons. The van der Waals surface area contributed by atoms with Crippen LogP contribution >= 0.6 is 0 Å². The summed E-state index contributed by atoms with van der Waals surface area (Å²) in [7, 11) is 0. The number of aromatic nitrogens is 1. The predicted molar refractivity (Wildman–Crippen MR) is 96.9 cm³/mol. The van der Waals surface area contributed by atoms with Crippen LogP contribution in [0.25, 0.3) is 11.1 Å². The van der Waals surface area contributed by atoms with E-state index in [4.69, 9.17) is 5.73 Å². The van der Waals surface area contributed by atoms with E-state index >= 15 is 0 Å². The second-order valence-electron chi connectivity index (χ2n) is 6.09. The van der Waals surface area contributed by atoms with E-state index in [2.05, 4.69) is 10.3 Å². The summed E-state index contributed by atoms with van der Waals surface area (Å²) in [6.45, 7) is -0.200. The molecule has 4 nitrogen and oxygen atoms in total. The van der Waals surface area contributed by atoms with Crippen LogP contribution in [0.3, 0.4) is 0 Å². The molecule has 0 spiro atoms. The van der Waals surface area contributed by atoms with Gasteiger partial charge in [0, 0.05) is 29.4 Å². The number of hydrogen-bond acceptors (Lipinski definition) is 3. The predicted octanol–water partition coefficient (Wildman–Crippen LogP) is 4.76. The Kier molecular flexibility index (Phi) is 5.49. The van der Waals surface area contributed by atoms with Crippen LogP contribution < -0.4 is 11.1 Å². The smallest absolute Gasteiger partial charge is 0.366 e. The van der Waals surface area contributed by atoms with E-state index in [1.807, 2.05) is 0 Å². The normalized spacial score (nSPS) is 11.3. The summed E-state index contributed by atoms with van der Waals surface area (Å²) in [5, 5.41) is 2.74. The van der Waals surface area contributed by atoms with Crippen molar-refractivity contribution in [3.63, 3.8) is 0 Å². The molecule has 0 aliphatic rings. The highest BCUT2D eigenvalue weighted by atomic mass is 19.4. The zero-order valence-corrected chi connectivity index (χ0v) is 14.7. The average molecular weight is 407 g/mol. The summed E-state index contributed by atoms with van der Waals surface area (Å²) in [5.41, 5.74) is 3.55. The second kappa shape index (κ2) is 7.86. The molecule has 29 heavy (non-hydrogen) atoms. The molecule has 0 unspecified atom stereocenters. The lowest BCUT2D eigenvalue weighted by atomic mass is 9.97. The molecule has 3 rings (SSSR count). The molecule has 3 aromatic rings. The van der Waals surface area contributed by atoms with Gasteiger partial charge in [-0.2, -0.15) is 13.2 Å². The number of carbonyl (C=O) groups excluding carboxylic acids is 1. The van der Waals surface area contributed by atoms with Gasteiger partial charge in [-0.05, 0) is 35.9 Å². The van der Waals surface area contributed by atoms with Gasteiger partial charge in [0.25, 0.3) is 0 Å². The largest absolute Gasteiger partial charge is 0.417 e. The Hall–Kier alpha value is -3.49. The van der Waals surface area contributed by atoms with Gasteiger partial charge in [0.1, 0.15) is 5.82 Å². The maximum Gasteiger partial charge on any atom is 0.417 e. The standard InChI is InChI=1S/C20H14F5N3O/c21-16-5-1-3-12(17(16)22)10-28-19-14(4-2-8-27-19)13-7-6-11(18(26)29)9-15(13)20(23,24)25/h1-9H,10H2,(H2,26,29)(H,27,28). The quantitative estimate of drug-likeness (QED) is 0.600. The fraction of sp³-hybridized carbons (Fsp3) is 0.100. The van der Waals surface area contributed by atoms with Gasteiger partial charge < -0.3 is 11.1 Å². The zero-order chi connectivity index (χ0) is 21.2. The lowest BCUT2D eigenvalue weighted by Crippen LogP contribution is -2.15. The Labute approximate surface area is 162 Å². The molecule has 1 aromatic heterocycles. The van der Waals surface area contributed by atoms with Crippen molar-refractivity contribution in [1.29, 1.82) is 0 Å². The first-order valence-electron chi connectivity index (χ1n) is 8.31. The van der Waals surface area contributed by atoms with Crippen LogP contribution in [0.15, 0.2) is 54.7 Å². The lowest BCUT2D eigenvalue weighted by Gasteiger charge is -2.17. The van der Waals surface area contributed by atoms with Crippen molar-refractivity contribution in [3.8, 4) is 11.1 Å². The number of nitrogens with one attached hydrogen (secondary N) is 1. The zero-order valence-electron chi connectivity index (χ0n) is 14.7. The van der Waals surface area contributed by atoms with Gasteiger partial charge in [0.05, 0.1) is 5.56 Å². The van der Waals surface area contributed by atoms with Crippen molar-refractivity contribution < 1.29 is 26.7 Å². The minimum Gasteiger partial charge on any atom is -0.366 e. The average Bonchev–Trinajstić information content (AvgIpc) is 2.68. The fourth-order valence-electron chi connectivity index (χ4n) is 2.79. The third-order valence-corrected chi connectivity index (χ3v) is 4.19. The van der Waals surface area contributed by atoms with Crippen molar-refractivity contribution in [2.24, 2.45) is 5.73 Å².